The van der Waals surface area contributed by atoms with Crippen molar-refractivity contribution in [2.75, 3.05) is 20.3 Å². The second-order valence-electron chi connectivity index (χ2n) is 6.18. The zero-order valence-corrected chi connectivity index (χ0v) is 14.3. The third kappa shape index (κ3) is 2.55. The Kier molecular flexibility index (Phi) is 4.18. The van der Waals surface area contributed by atoms with E-state index in [1.54, 1.807) is 30.2 Å². The number of nitrogens with zero attached hydrogens (tertiary/aromatic N) is 2. The van der Waals surface area contributed by atoms with E-state index in [1.807, 2.05) is 36.4 Å². The first kappa shape index (κ1) is 16.4. The van der Waals surface area contributed by atoms with Crippen LogP contribution >= 0.6 is 0 Å². The number of aromatic nitrogens is 2. The highest BCUT2D eigenvalue weighted by Gasteiger charge is 2.42. The van der Waals surface area contributed by atoms with Gasteiger partial charge in [0.1, 0.15) is 17.1 Å². The zero-order valence-electron chi connectivity index (χ0n) is 14.3. The van der Waals surface area contributed by atoms with Crippen LogP contribution in [-0.4, -0.2) is 46.4 Å². The third-order valence-electron chi connectivity index (χ3n) is 4.67. The van der Waals surface area contributed by atoms with Crippen LogP contribution in [-0.2, 0) is 4.74 Å². The number of fused-ring (bicyclic) bond motifs is 1. The van der Waals surface area contributed by atoms with Crippen LogP contribution in [0.5, 0.6) is 5.75 Å². The molecule has 6 heteroatoms. The van der Waals surface area contributed by atoms with Crippen molar-refractivity contribution in [2.45, 2.75) is 6.04 Å². The Morgan fingerprint density at radius 2 is 1.88 bits per heavy atom. The Morgan fingerprint density at radius 3 is 2.62 bits per heavy atom. The molecule has 0 saturated heterocycles. The van der Waals surface area contributed by atoms with Gasteiger partial charge in [0.05, 0.1) is 12.6 Å². The van der Waals surface area contributed by atoms with Gasteiger partial charge >= 0.3 is 0 Å². The Balaban J connectivity index is 1.88. The van der Waals surface area contributed by atoms with Crippen molar-refractivity contribution in [2.24, 2.45) is 0 Å². The lowest BCUT2D eigenvalue weighted by molar-refractivity contribution is 0.0677. The van der Waals surface area contributed by atoms with Gasteiger partial charge < -0.3 is 14.7 Å². The van der Waals surface area contributed by atoms with Crippen molar-refractivity contribution < 1.29 is 14.6 Å². The lowest BCUT2D eigenvalue weighted by Crippen LogP contribution is -2.32. The number of aromatic hydroxyl groups is 1. The molecule has 2 aromatic carbocycles. The fourth-order valence-electron chi connectivity index (χ4n) is 3.48. The molecule has 26 heavy (non-hydrogen) atoms. The van der Waals surface area contributed by atoms with E-state index in [-0.39, 0.29) is 17.7 Å². The molecule has 2 heterocycles. The van der Waals surface area contributed by atoms with Gasteiger partial charge in [0.15, 0.2) is 0 Å². The van der Waals surface area contributed by atoms with Crippen LogP contribution in [0.25, 0.3) is 11.3 Å². The minimum Gasteiger partial charge on any atom is -0.507 e. The molecule has 1 aliphatic rings. The van der Waals surface area contributed by atoms with Crippen molar-refractivity contribution in [3.8, 4) is 17.0 Å². The van der Waals surface area contributed by atoms with Crippen LogP contribution in [0.15, 0.2) is 54.6 Å². The molecular weight excluding hydrogens is 330 g/mol. The maximum atomic E-state index is 13.0. The van der Waals surface area contributed by atoms with Crippen LogP contribution in [0.3, 0.4) is 0 Å². The van der Waals surface area contributed by atoms with Gasteiger partial charge in [-0.2, -0.15) is 5.10 Å². The molecule has 132 valence electrons. The first-order valence-corrected chi connectivity index (χ1v) is 8.44. The number of hydrogen-bond donors (Lipinski definition) is 2. The summed E-state index contributed by atoms with van der Waals surface area (Å²) < 4.78 is 5.19. The number of amides is 1. The molecular formula is C20H19N3O3. The summed E-state index contributed by atoms with van der Waals surface area (Å²) in [6.07, 6.45) is 0. The van der Waals surface area contributed by atoms with E-state index in [0.29, 0.717) is 30.1 Å². The molecule has 1 atom stereocenters. The van der Waals surface area contributed by atoms with Gasteiger partial charge in [-0.3, -0.25) is 9.89 Å². The minimum atomic E-state index is -0.276. The number of para-hydroxylation sites is 1. The van der Waals surface area contributed by atoms with Gasteiger partial charge in [0.25, 0.3) is 5.91 Å². The average Bonchev–Trinajstić information content (AvgIpc) is 3.20. The maximum Gasteiger partial charge on any atom is 0.273 e. The molecule has 3 aromatic rings. The van der Waals surface area contributed by atoms with Crippen molar-refractivity contribution in [3.05, 3.63) is 71.4 Å². The van der Waals surface area contributed by atoms with Crippen molar-refractivity contribution in [1.29, 1.82) is 0 Å². The summed E-state index contributed by atoms with van der Waals surface area (Å²) in [5.41, 5.74) is 3.45. The number of hydrogen-bond acceptors (Lipinski definition) is 4. The third-order valence-corrected chi connectivity index (χ3v) is 4.67. The van der Waals surface area contributed by atoms with Gasteiger partial charge in [0.2, 0.25) is 0 Å². The topological polar surface area (TPSA) is 78.5 Å². The lowest BCUT2D eigenvalue weighted by Gasteiger charge is -2.26. The predicted octanol–water partition coefficient (Wildman–Crippen LogP) is 2.97. The van der Waals surface area contributed by atoms with Crippen LogP contribution in [0.4, 0.5) is 0 Å². The molecule has 1 amide bonds. The summed E-state index contributed by atoms with van der Waals surface area (Å²) in [4.78, 5) is 14.7. The highest BCUT2D eigenvalue weighted by atomic mass is 16.5. The number of H-pyrrole nitrogens is 1. The Morgan fingerprint density at radius 1 is 1.15 bits per heavy atom. The molecule has 0 bridgehead atoms. The Hall–Kier alpha value is -3.12. The summed E-state index contributed by atoms with van der Waals surface area (Å²) >= 11 is 0. The van der Waals surface area contributed by atoms with E-state index in [1.165, 1.54) is 0 Å². The van der Waals surface area contributed by atoms with Crippen LogP contribution < -0.4 is 0 Å². The molecule has 0 fully saturated rings. The summed E-state index contributed by atoms with van der Waals surface area (Å²) in [5, 5.41) is 17.5. The second-order valence-corrected chi connectivity index (χ2v) is 6.18. The molecule has 4 rings (SSSR count). The number of carbonyl (C=O) groups excluding carboxylic acids is 1. The number of phenolic OH excluding ortho intramolecular Hbond substituents is 1. The predicted molar refractivity (Wildman–Crippen MR) is 96.9 cm³/mol. The highest BCUT2D eigenvalue weighted by Crippen LogP contribution is 2.44. The molecule has 0 radical (unpaired) electrons. The van der Waals surface area contributed by atoms with E-state index in [0.717, 1.165) is 11.1 Å². The number of carbonyl (C=O) groups is 1. The monoisotopic (exact) mass is 349 g/mol. The number of ether oxygens (including phenoxy) is 1. The number of nitrogens with one attached hydrogen (secondary N) is 1. The maximum absolute atomic E-state index is 13.0. The molecule has 0 unspecified atom stereocenters. The van der Waals surface area contributed by atoms with E-state index in [2.05, 4.69) is 10.2 Å². The summed E-state index contributed by atoms with van der Waals surface area (Å²) in [6, 6.07) is 16.6. The van der Waals surface area contributed by atoms with Gasteiger partial charge in [-0.1, -0.05) is 42.5 Å². The van der Waals surface area contributed by atoms with Gasteiger partial charge in [-0.05, 0) is 17.7 Å². The number of aromatic amines is 1. The molecule has 1 aromatic heterocycles. The number of benzene rings is 2. The van der Waals surface area contributed by atoms with E-state index in [9.17, 15) is 9.90 Å². The number of phenols is 1. The summed E-state index contributed by atoms with van der Waals surface area (Å²) in [6.45, 7) is 0.913. The van der Waals surface area contributed by atoms with Crippen LogP contribution in [0.1, 0.15) is 27.7 Å². The molecule has 6 nitrogen and oxygen atoms in total. The largest absolute Gasteiger partial charge is 0.507 e. The zero-order chi connectivity index (χ0) is 18.1. The minimum absolute atomic E-state index is 0.111. The standard InChI is InChI=1S/C20H19N3O3/c1-26-12-11-23-19(13-7-3-2-4-8-13)16-17(21-22-18(16)20(23)25)14-9-5-6-10-15(14)24/h2-10,19,24H,11-12H2,1H3,(H,21,22)/t19-/m0/s1. The van der Waals surface area contributed by atoms with Crippen LogP contribution in [0, 0.1) is 0 Å². The summed E-state index contributed by atoms with van der Waals surface area (Å²) in [5.74, 6) is 0.0245. The Labute approximate surface area is 151 Å². The van der Waals surface area contributed by atoms with Crippen molar-refractivity contribution in [1.82, 2.24) is 15.1 Å². The number of rotatable bonds is 5. The van der Waals surface area contributed by atoms with E-state index >= 15 is 0 Å². The number of methoxy groups -OCH3 is 1. The first-order valence-electron chi connectivity index (χ1n) is 8.44. The molecule has 0 saturated carbocycles. The molecule has 0 aliphatic carbocycles. The van der Waals surface area contributed by atoms with E-state index < -0.39 is 0 Å². The first-order chi connectivity index (χ1) is 12.7. The van der Waals surface area contributed by atoms with Crippen LogP contribution in [0.2, 0.25) is 0 Å². The van der Waals surface area contributed by atoms with Gasteiger partial charge in [-0.15, -0.1) is 0 Å². The average molecular weight is 349 g/mol. The lowest BCUT2D eigenvalue weighted by atomic mass is 9.96. The molecule has 0 spiro atoms. The van der Waals surface area contributed by atoms with E-state index in [4.69, 9.17) is 4.74 Å². The van der Waals surface area contributed by atoms with Crippen molar-refractivity contribution in [3.63, 3.8) is 0 Å². The Bertz CT molecular complexity index is 936. The smallest absolute Gasteiger partial charge is 0.273 e. The highest BCUT2D eigenvalue weighted by molar-refractivity contribution is 6.00. The van der Waals surface area contributed by atoms with Gasteiger partial charge in [0, 0.05) is 24.8 Å². The molecule has 1 aliphatic heterocycles. The fourth-order valence-corrected chi connectivity index (χ4v) is 3.48. The second kappa shape index (κ2) is 6.65. The van der Waals surface area contributed by atoms with Crippen molar-refractivity contribution >= 4 is 5.91 Å². The SMILES string of the molecule is COCCN1C(=O)c2[nH]nc(-c3ccccc3O)c2[C@@H]1c1ccccc1. The summed E-state index contributed by atoms with van der Waals surface area (Å²) in [7, 11) is 1.62. The van der Waals surface area contributed by atoms with Gasteiger partial charge in [-0.25, -0.2) is 0 Å². The quantitative estimate of drug-likeness (QED) is 0.742. The fraction of sp³-hybridized carbons (Fsp3) is 0.200. The molecule has 2 N–H and O–H groups in total. The normalized spacial score (nSPS) is 16.1.